The van der Waals surface area contributed by atoms with Gasteiger partial charge in [-0.15, -0.1) is 0 Å². The molecule has 1 aliphatic heterocycles. The SMILES string of the molecule is Fc1cc(C2CCC(C3OCC(C4CC4)CO3)CC2)cc(F)c1F. The molecule has 1 heterocycles. The van der Waals surface area contributed by atoms with Crippen molar-refractivity contribution in [1.29, 1.82) is 0 Å². The molecule has 1 aromatic carbocycles. The Balaban J connectivity index is 1.32. The van der Waals surface area contributed by atoms with Gasteiger partial charge in [-0.2, -0.15) is 0 Å². The van der Waals surface area contributed by atoms with Crippen molar-refractivity contribution in [1.82, 2.24) is 0 Å². The van der Waals surface area contributed by atoms with Gasteiger partial charge in [0, 0.05) is 11.8 Å². The van der Waals surface area contributed by atoms with Crippen molar-refractivity contribution in [3.63, 3.8) is 0 Å². The van der Waals surface area contributed by atoms with Gasteiger partial charge in [0.25, 0.3) is 0 Å². The Kier molecular flexibility index (Phi) is 4.56. The second-order valence-electron chi connectivity index (χ2n) is 7.54. The molecular formula is C19H23F3O2. The van der Waals surface area contributed by atoms with Crippen molar-refractivity contribution in [2.45, 2.75) is 50.7 Å². The van der Waals surface area contributed by atoms with E-state index in [9.17, 15) is 13.2 Å². The molecule has 0 N–H and O–H groups in total. The molecule has 3 aliphatic rings. The van der Waals surface area contributed by atoms with Gasteiger partial charge in [-0.1, -0.05) is 0 Å². The van der Waals surface area contributed by atoms with E-state index in [1.165, 1.54) is 12.8 Å². The molecule has 3 fully saturated rings. The lowest BCUT2D eigenvalue weighted by atomic mass is 9.78. The molecule has 0 aromatic heterocycles. The molecule has 2 nitrogen and oxygen atoms in total. The molecular weight excluding hydrogens is 317 g/mol. The smallest absolute Gasteiger partial charge is 0.194 e. The summed E-state index contributed by atoms with van der Waals surface area (Å²) in [5.74, 6) is -1.81. The predicted octanol–water partition coefficient (Wildman–Crippen LogP) is 4.78. The summed E-state index contributed by atoms with van der Waals surface area (Å²) in [5.41, 5.74) is 0.559. The minimum Gasteiger partial charge on any atom is -0.352 e. The lowest BCUT2D eigenvalue weighted by Gasteiger charge is -2.37. The van der Waals surface area contributed by atoms with Crippen LogP contribution in [-0.2, 0) is 9.47 Å². The molecule has 1 saturated heterocycles. The molecule has 0 atom stereocenters. The third-order valence-corrected chi connectivity index (χ3v) is 5.87. The standard InChI is InChI=1S/C19H23F3O2/c20-16-7-14(8-17(21)18(16)22)11-3-5-13(6-4-11)19-23-9-15(10-24-19)12-1-2-12/h7-8,11-13,15,19H,1-6,9-10H2. The van der Waals surface area contributed by atoms with Gasteiger partial charge in [0.1, 0.15) is 0 Å². The van der Waals surface area contributed by atoms with Crippen LogP contribution < -0.4 is 0 Å². The van der Waals surface area contributed by atoms with Crippen molar-refractivity contribution >= 4 is 0 Å². The quantitative estimate of drug-likeness (QED) is 0.738. The Hall–Kier alpha value is -1.07. The molecule has 132 valence electrons. The van der Waals surface area contributed by atoms with Gasteiger partial charge < -0.3 is 9.47 Å². The summed E-state index contributed by atoms with van der Waals surface area (Å²) < 4.78 is 51.8. The van der Waals surface area contributed by atoms with Gasteiger partial charge in [0.2, 0.25) is 0 Å². The predicted molar refractivity (Wildman–Crippen MR) is 82.9 cm³/mol. The van der Waals surface area contributed by atoms with E-state index in [1.54, 1.807) is 0 Å². The zero-order valence-electron chi connectivity index (χ0n) is 13.6. The Morgan fingerprint density at radius 2 is 1.25 bits per heavy atom. The highest BCUT2D eigenvalue weighted by atomic mass is 19.2. The normalized spacial score (nSPS) is 34.3. The van der Waals surface area contributed by atoms with Crippen LogP contribution in [-0.4, -0.2) is 19.5 Å². The van der Waals surface area contributed by atoms with Gasteiger partial charge in [-0.3, -0.25) is 0 Å². The molecule has 0 amide bonds. The van der Waals surface area contributed by atoms with Gasteiger partial charge in [0.05, 0.1) is 13.2 Å². The van der Waals surface area contributed by atoms with Crippen LogP contribution in [0.1, 0.15) is 50.0 Å². The molecule has 24 heavy (non-hydrogen) atoms. The fraction of sp³-hybridized carbons (Fsp3) is 0.684. The largest absolute Gasteiger partial charge is 0.352 e. The Morgan fingerprint density at radius 1 is 0.708 bits per heavy atom. The lowest BCUT2D eigenvalue weighted by molar-refractivity contribution is -0.231. The van der Waals surface area contributed by atoms with Crippen LogP contribution in [0.15, 0.2) is 12.1 Å². The van der Waals surface area contributed by atoms with Crippen LogP contribution >= 0.6 is 0 Å². The molecule has 0 bridgehead atoms. The number of benzene rings is 1. The Labute approximate surface area is 140 Å². The maximum absolute atomic E-state index is 13.4. The first kappa shape index (κ1) is 16.4. The first-order valence-electron chi connectivity index (χ1n) is 8.99. The van der Waals surface area contributed by atoms with E-state index in [0.717, 1.165) is 56.9 Å². The van der Waals surface area contributed by atoms with E-state index < -0.39 is 17.5 Å². The van der Waals surface area contributed by atoms with Crippen molar-refractivity contribution in [2.75, 3.05) is 13.2 Å². The highest BCUT2D eigenvalue weighted by Crippen LogP contribution is 2.42. The highest BCUT2D eigenvalue weighted by molar-refractivity contribution is 5.23. The fourth-order valence-electron chi connectivity index (χ4n) is 4.18. The number of hydrogen-bond acceptors (Lipinski definition) is 2. The van der Waals surface area contributed by atoms with Gasteiger partial charge in [-0.05, 0) is 68.1 Å². The summed E-state index contributed by atoms with van der Waals surface area (Å²) in [6.45, 7) is 1.59. The summed E-state index contributed by atoms with van der Waals surface area (Å²) in [6.07, 6.45) is 5.93. The maximum Gasteiger partial charge on any atom is 0.194 e. The summed E-state index contributed by atoms with van der Waals surface area (Å²) >= 11 is 0. The Bertz CT molecular complexity index is 563. The zero-order chi connectivity index (χ0) is 16.7. The van der Waals surface area contributed by atoms with Crippen molar-refractivity contribution in [3.05, 3.63) is 35.1 Å². The third-order valence-electron chi connectivity index (χ3n) is 5.87. The highest BCUT2D eigenvalue weighted by Gasteiger charge is 2.38. The van der Waals surface area contributed by atoms with Gasteiger partial charge in [-0.25, -0.2) is 13.2 Å². The first-order chi connectivity index (χ1) is 11.6. The van der Waals surface area contributed by atoms with Gasteiger partial charge in [0.15, 0.2) is 23.7 Å². The fourth-order valence-corrected chi connectivity index (χ4v) is 4.18. The topological polar surface area (TPSA) is 18.5 Å². The molecule has 0 radical (unpaired) electrons. The lowest BCUT2D eigenvalue weighted by Crippen LogP contribution is -2.39. The van der Waals surface area contributed by atoms with Gasteiger partial charge >= 0.3 is 0 Å². The summed E-state index contributed by atoms with van der Waals surface area (Å²) in [5, 5.41) is 0. The molecule has 5 heteroatoms. The maximum atomic E-state index is 13.4. The van der Waals surface area contributed by atoms with E-state index in [1.807, 2.05) is 0 Å². The van der Waals surface area contributed by atoms with Crippen LogP contribution in [0.2, 0.25) is 0 Å². The number of rotatable bonds is 3. The van der Waals surface area contributed by atoms with Crippen LogP contribution in [0.4, 0.5) is 13.2 Å². The van der Waals surface area contributed by atoms with E-state index in [-0.39, 0.29) is 12.2 Å². The molecule has 0 spiro atoms. The van der Waals surface area contributed by atoms with E-state index in [0.29, 0.717) is 17.4 Å². The average molecular weight is 340 g/mol. The van der Waals surface area contributed by atoms with E-state index in [2.05, 4.69) is 0 Å². The molecule has 4 rings (SSSR count). The monoisotopic (exact) mass is 340 g/mol. The number of ether oxygens (including phenoxy) is 2. The molecule has 2 aliphatic carbocycles. The first-order valence-corrected chi connectivity index (χ1v) is 8.99. The average Bonchev–Trinajstić information content (AvgIpc) is 3.45. The molecule has 0 unspecified atom stereocenters. The van der Waals surface area contributed by atoms with Crippen LogP contribution in [0.3, 0.4) is 0 Å². The van der Waals surface area contributed by atoms with Crippen LogP contribution in [0, 0.1) is 35.2 Å². The second kappa shape index (κ2) is 6.68. The third kappa shape index (κ3) is 3.33. The molecule has 2 saturated carbocycles. The number of halogens is 3. The summed E-state index contributed by atoms with van der Waals surface area (Å²) in [7, 11) is 0. The van der Waals surface area contributed by atoms with E-state index in [4.69, 9.17) is 9.47 Å². The van der Waals surface area contributed by atoms with Crippen molar-refractivity contribution < 1.29 is 22.6 Å². The zero-order valence-corrected chi connectivity index (χ0v) is 13.6. The van der Waals surface area contributed by atoms with Crippen molar-refractivity contribution in [3.8, 4) is 0 Å². The second-order valence-corrected chi connectivity index (χ2v) is 7.54. The Morgan fingerprint density at radius 3 is 1.79 bits per heavy atom. The summed E-state index contributed by atoms with van der Waals surface area (Å²) in [6, 6.07) is 2.27. The minimum absolute atomic E-state index is 0.0775. The van der Waals surface area contributed by atoms with Crippen LogP contribution in [0.25, 0.3) is 0 Å². The van der Waals surface area contributed by atoms with Crippen LogP contribution in [0.5, 0.6) is 0 Å². The molecule has 1 aromatic rings. The number of hydrogen-bond donors (Lipinski definition) is 0. The summed E-state index contributed by atoms with van der Waals surface area (Å²) in [4.78, 5) is 0. The minimum atomic E-state index is -1.39. The van der Waals surface area contributed by atoms with Crippen molar-refractivity contribution in [2.24, 2.45) is 17.8 Å². The van der Waals surface area contributed by atoms with E-state index >= 15 is 0 Å².